The van der Waals surface area contributed by atoms with Crippen molar-refractivity contribution in [3.05, 3.63) is 29.3 Å². The molecule has 2 rings (SSSR count). The number of ether oxygens (including phenoxy) is 1. The van der Waals surface area contributed by atoms with Crippen molar-refractivity contribution in [1.82, 2.24) is 5.32 Å². The Kier molecular flexibility index (Phi) is 5.69. The predicted molar refractivity (Wildman–Crippen MR) is 90.1 cm³/mol. The van der Waals surface area contributed by atoms with Gasteiger partial charge in [0.15, 0.2) is 0 Å². The maximum Gasteiger partial charge on any atom is 0.119 e. The Hall–Kier alpha value is -1.02. The predicted octanol–water partition coefficient (Wildman–Crippen LogP) is 4.38. The molecule has 21 heavy (non-hydrogen) atoms. The van der Waals surface area contributed by atoms with Gasteiger partial charge >= 0.3 is 0 Å². The molecule has 1 saturated carbocycles. The number of benzene rings is 1. The van der Waals surface area contributed by atoms with Gasteiger partial charge in [-0.05, 0) is 86.7 Å². The van der Waals surface area contributed by atoms with Gasteiger partial charge in [-0.1, -0.05) is 19.9 Å². The standard InChI is InChI=1S/C19H31NO/c1-13(2)15-6-7-16(12-20-4)19(11-15)18-9-8-17(21-5)10-14(18)3/h8-10,13,15-16,19-20H,6-7,11-12H2,1-5H3. The molecule has 2 heteroatoms. The van der Waals surface area contributed by atoms with Crippen LogP contribution in [0, 0.1) is 24.7 Å². The van der Waals surface area contributed by atoms with E-state index >= 15 is 0 Å². The molecule has 0 heterocycles. The van der Waals surface area contributed by atoms with Gasteiger partial charge in [-0.3, -0.25) is 0 Å². The highest BCUT2D eigenvalue weighted by molar-refractivity contribution is 5.37. The first kappa shape index (κ1) is 16.4. The summed E-state index contributed by atoms with van der Waals surface area (Å²) in [5, 5.41) is 3.40. The molecule has 0 aromatic heterocycles. The second-order valence-electron chi connectivity index (χ2n) is 6.96. The molecule has 0 saturated heterocycles. The molecule has 2 nitrogen and oxygen atoms in total. The first-order chi connectivity index (χ1) is 10.1. The summed E-state index contributed by atoms with van der Waals surface area (Å²) in [7, 11) is 3.82. The molecular formula is C19H31NO. The molecule has 3 atom stereocenters. The van der Waals surface area contributed by atoms with Crippen LogP contribution in [0.15, 0.2) is 18.2 Å². The Balaban J connectivity index is 2.26. The molecule has 0 spiro atoms. The van der Waals surface area contributed by atoms with E-state index in [1.165, 1.54) is 30.4 Å². The van der Waals surface area contributed by atoms with E-state index in [9.17, 15) is 0 Å². The molecule has 118 valence electrons. The summed E-state index contributed by atoms with van der Waals surface area (Å²) in [6.07, 6.45) is 4.06. The summed E-state index contributed by atoms with van der Waals surface area (Å²) in [6.45, 7) is 8.11. The van der Waals surface area contributed by atoms with Crippen molar-refractivity contribution >= 4 is 0 Å². The number of rotatable bonds is 5. The second kappa shape index (κ2) is 7.31. The lowest BCUT2D eigenvalue weighted by molar-refractivity contribution is 0.192. The number of hydrogen-bond acceptors (Lipinski definition) is 2. The van der Waals surface area contributed by atoms with Crippen molar-refractivity contribution in [2.75, 3.05) is 20.7 Å². The fourth-order valence-electron chi connectivity index (χ4n) is 3.95. The molecule has 0 radical (unpaired) electrons. The topological polar surface area (TPSA) is 21.3 Å². The van der Waals surface area contributed by atoms with Crippen LogP contribution >= 0.6 is 0 Å². The van der Waals surface area contributed by atoms with E-state index in [-0.39, 0.29) is 0 Å². The molecule has 1 aliphatic rings. The van der Waals surface area contributed by atoms with Crippen molar-refractivity contribution in [2.45, 2.75) is 46.0 Å². The zero-order valence-electron chi connectivity index (χ0n) is 14.3. The van der Waals surface area contributed by atoms with Crippen LogP contribution in [0.1, 0.15) is 50.2 Å². The molecule has 0 bridgehead atoms. The fourth-order valence-corrected chi connectivity index (χ4v) is 3.95. The van der Waals surface area contributed by atoms with E-state index in [4.69, 9.17) is 4.74 Å². The zero-order chi connectivity index (χ0) is 15.4. The van der Waals surface area contributed by atoms with Crippen LogP contribution in [0.5, 0.6) is 5.75 Å². The van der Waals surface area contributed by atoms with E-state index in [1.54, 1.807) is 7.11 Å². The normalized spacial score (nSPS) is 26.1. The molecule has 1 aliphatic carbocycles. The number of aryl methyl sites for hydroxylation is 1. The van der Waals surface area contributed by atoms with Crippen LogP contribution in [0.2, 0.25) is 0 Å². The maximum absolute atomic E-state index is 5.36. The highest BCUT2D eigenvalue weighted by atomic mass is 16.5. The molecule has 1 fully saturated rings. The molecule has 1 aromatic rings. The van der Waals surface area contributed by atoms with Crippen LogP contribution in [-0.4, -0.2) is 20.7 Å². The lowest BCUT2D eigenvalue weighted by Crippen LogP contribution is -2.32. The largest absolute Gasteiger partial charge is 0.497 e. The fraction of sp³-hybridized carbons (Fsp3) is 0.684. The van der Waals surface area contributed by atoms with Gasteiger partial charge in [0, 0.05) is 0 Å². The molecule has 1 aromatic carbocycles. The smallest absolute Gasteiger partial charge is 0.119 e. The summed E-state index contributed by atoms with van der Waals surface area (Å²) < 4.78 is 5.36. The molecule has 1 N–H and O–H groups in total. The van der Waals surface area contributed by atoms with E-state index in [1.807, 2.05) is 0 Å². The van der Waals surface area contributed by atoms with Crippen LogP contribution in [0.25, 0.3) is 0 Å². The van der Waals surface area contributed by atoms with Crippen molar-refractivity contribution in [3.63, 3.8) is 0 Å². The minimum absolute atomic E-state index is 0.685. The van der Waals surface area contributed by atoms with E-state index in [2.05, 4.69) is 51.3 Å². The second-order valence-corrected chi connectivity index (χ2v) is 6.96. The van der Waals surface area contributed by atoms with Crippen molar-refractivity contribution in [1.29, 1.82) is 0 Å². The highest BCUT2D eigenvalue weighted by Gasteiger charge is 2.33. The quantitative estimate of drug-likeness (QED) is 0.868. The van der Waals surface area contributed by atoms with Gasteiger partial charge in [-0.2, -0.15) is 0 Å². The van der Waals surface area contributed by atoms with Gasteiger partial charge in [-0.15, -0.1) is 0 Å². The number of methoxy groups -OCH3 is 1. The van der Waals surface area contributed by atoms with Gasteiger partial charge in [0.25, 0.3) is 0 Å². The minimum Gasteiger partial charge on any atom is -0.497 e. The van der Waals surface area contributed by atoms with Crippen LogP contribution in [0.4, 0.5) is 0 Å². The Bertz CT molecular complexity index is 455. The first-order valence-electron chi connectivity index (χ1n) is 8.36. The van der Waals surface area contributed by atoms with Crippen molar-refractivity contribution < 1.29 is 4.74 Å². The van der Waals surface area contributed by atoms with E-state index in [0.29, 0.717) is 5.92 Å². The van der Waals surface area contributed by atoms with Crippen LogP contribution in [0.3, 0.4) is 0 Å². The Morgan fingerprint density at radius 1 is 1.29 bits per heavy atom. The third-order valence-corrected chi connectivity index (χ3v) is 5.32. The lowest BCUT2D eigenvalue weighted by Gasteiger charge is -2.39. The van der Waals surface area contributed by atoms with Gasteiger partial charge in [0.05, 0.1) is 7.11 Å². The molecule has 0 amide bonds. The SMILES string of the molecule is CNCC1CCC(C(C)C)CC1c1ccc(OC)cc1C. The van der Waals surface area contributed by atoms with Crippen LogP contribution in [-0.2, 0) is 0 Å². The van der Waals surface area contributed by atoms with Gasteiger partial charge in [0.1, 0.15) is 5.75 Å². The maximum atomic E-state index is 5.36. The first-order valence-corrected chi connectivity index (χ1v) is 8.36. The van der Waals surface area contributed by atoms with Crippen molar-refractivity contribution in [3.8, 4) is 5.75 Å². The number of hydrogen-bond donors (Lipinski definition) is 1. The zero-order valence-corrected chi connectivity index (χ0v) is 14.3. The summed E-state index contributed by atoms with van der Waals surface area (Å²) in [5.41, 5.74) is 2.91. The Morgan fingerprint density at radius 2 is 2.05 bits per heavy atom. The average Bonchev–Trinajstić information content (AvgIpc) is 2.48. The highest BCUT2D eigenvalue weighted by Crippen LogP contribution is 2.44. The van der Waals surface area contributed by atoms with Gasteiger partial charge in [0.2, 0.25) is 0 Å². The molecular weight excluding hydrogens is 258 g/mol. The Morgan fingerprint density at radius 3 is 2.62 bits per heavy atom. The summed E-state index contributed by atoms with van der Waals surface area (Å²) in [5.74, 6) is 4.07. The Labute approximate surface area is 130 Å². The number of nitrogens with one attached hydrogen (secondary N) is 1. The molecule has 3 unspecified atom stereocenters. The van der Waals surface area contributed by atoms with Crippen molar-refractivity contribution in [2.24, 2.45) is 17.8 Å². The third-order valence-electron chi connectivity index (χ3n) is 5.32. The monoisotopic (exact) mass is 289 g/mol. The summed E-state index contributed by atoms with van der Waals surface area (Å²) in [4.78, 5) is 0. The van der Waals surface area contributed by atoms with Crippen LogP contribution < -0.4 is 10.1 Å². The van der Waals surface area contributed by atoms with Gasteiger partial charge in [-0.25, -0.2) is 0 Å². The molecule has 0 aliphatic heterocycles. The third kappa shape index (κ3) is 3.79. The van der Waals surface area contributed by atoms with E-state index < -0.39 is 0 Å². The summed E-state index contributed by atoms with van der Waals surface area (Å²) >= 11 is 0. The summed E-state index contributed by atoms with van der Waals surface area (Å²) in [6, 6.07) is 6.60. The van der Waals surface area contributed by atoms with E-state index in [0.717, 1.165) is 30.0 Å². The van der Waals surface area contributed by atoms with Gasteiger partial charge < -0.3 is 10.1 Å². The minimum atomic E-state index is 0.685. The average molecular weight is 289 g/mol. The lowest BCUT2D eigenvalue weighted by atomic mass is 9.67.